The Bertz CT molecular complexity index is 810. The molecule has 0 fully saturated rings. The summed E-state index contributed by atoms with van der Waals surface area (Å²) in [7, 11) is 0. The molecular formula is C18H18I2N2O7. The lowest BCUT2D eigenvalue weighted by molar-refractivity contribution is -0.469. The van der Waals surface area contributed by atoms with Crippen molar-refractivity contribution in [1.82, 2.24) is 5.48 Å². The van der Waals surface area contributed by atoms with E-state index in [4.69, 9.17) is 25.0 Å². The van der Waals surface area contributed by atoms with Crippen molar-refractivity contribution in [3.05, 3.63) is 72.0 Å². The average Bonchev–Trinajstić information content (AvgIpc) is 2.66. The van der Waals surface area contributed by atoms with Crippen molar-refractivity contribution >= 4 is 69.6 Å². The Hall–Kier alpha value is -2.10. The van der Waals surface area contributed by atoms with E-state index in [1.54, 1.807) is 12.1 Å². The highest BCUT2D eigenvalue weighted by Crippen LogP contribution is 2.07. The first-order chi connectivity index (χ1) is 13.7. The molecule has 0 aromatic heterocycles. The van der Waals surface area contributed by atoms with Crippen LogP contribution in [0.1, 0.15) is 11.1 Å². The lowest BCUT2D eigenvalue weighted by Gasteiger charge is -2.02. The molecule has 0 aliphatic rings. The van der Waals surface area contributed by atoms with Crippen LogP contribution in [-0.4, -0.2) is 44.6 Å². The second kappa shape index (κ2) is 15.8. The fourth-order valence-corrected chi connectivity index (χ4v) is 2.35. The molecule has 2 rings (SSSR count). The van der Waals surface area contributed by atoms with Crippen molar-refractivity contribution < 1.29 is 34.5 Å². The third-order valence-corrected chi connectivity index (χ3v) is 4.24. The summed E-state index contributed by atoms with van der Waals surface area (Å²) < 4.78 is 2.68. The van der Waals surface area contributed by atoms with Crippen LogP contribution in [0.25, 0.3) is 0 Å². The second-order valence-electron chi connectivity index (χ2n) is 5.09. The number of carboxylic acids is 2. The number of halogens is 2. The van der Waals surface area contributed by atoms with Crippen LogP contribution >= 0.6 is 45.2 Å². The van der Waals surface area contributed by atoms with Gasteiger partial charge in [0.25, 0.3) is 6.21 Å². The topological polar surface area (TPSA) is 150 Å². The van der Waals surface area contributed by atoms with Crippen LogP contribution in [0.2, 0.25) is 0 Å². The van der Waals surface area contributed by atoms with Gasteiger partial charge in [-0.3, -0.25) is 4.79 Å². The van der Waals surface area contributed by atoms with Crippen LogP contribution in [0.5, 0.6) is 0 Å². The molecule has 156 valence electrons. The predicted molar refractivity (Wildman–Crippen MR) is 122 cm³/mol. The molecular weight excluding hydrogens is 610 g/mol. The van der Waals surface area contributed by atoms with Gasteiger partial charge in [0.05, 0.1) is 0 Å². The first kappa shape index (κ1) is 26.9. The highest BCUT2D eigenvalue weighted by molar-refractivity contribution is 14.1. The van der Waals surface area contributed by atoms with E-state index in [2.05, 4.69) is 50.7 Å². The number of carbonyl (C=O) groups is 3. The van der Waals surface area contributed by atoms with Crippen molar-refractivity contribution in [1.29, 1.82) is 0 Å². The summed E-state index contributed by atoms with van der Waals surface area (Å²) in [6, 6.07) is 15.3. The summed E-state index contributed by atoms with van der Waals surface area (Å²) in [4.78, 5) is 28.1. The Morgan fingerprint density at radius 3 is 1.69 bits per heavy atom. The second-order valence-corrected chi connectivity index (χ2v) is 7.58. The van der Waals surface area contributed by atoms with E-state index in [0.717, 1.165) is 14.7 Å². The van der Waals surface area contributed by atoms with Crippen molar-refractivity contribution in [2.75, 3.05) is 0 Å². The minimum absolute atomic E-state index is 0.0587. The third-order valence-electron chi connectivity index (χ3n) is 2.80. The largest absolute Gasteiger partial charge is 0.623 e. The molecule has 0 heterocycles. The zero-order chi connectivity index (χ0) is 22.2. The van der Waals surface area contributed by atoms with E-state index in [1.807, 2.05) is 36.4 Å². The molecule has 0 spiro atoms. The fraction of sp³-hybridized carbons (Fsp3) is 0.111. The number of benzene rings is 2. The molecule has 2 aromatic rings. The minimum atomic E-state index is -1.43. The van der Waals surface area contributed by atoms with E-state index in [9.17, 15) is 10.0 Å². The van der Waals surface area contributed by atoms with Crippen LogP contribution in [-0.2, 0) is 27.5 Å². The molecule has 0 amide bonds. The summed E-state index contributed by atoms with van der Waals surface area (Å²) in [5, 5.41) is 35.0. The number of nitrogens with zero attached hydrogens (tertiary/aromatic N) is 1. The summed E-state index contributed by atoms with van der Waals surface area (Å²) in [5.74, 6) is -2.66. The van der Waals surface area contributed by atoms with E-state index >= 15 is 0 Å². The molecule has 4 N–H and O–H groups in total. The highest BCUT2D eigenvalue weighted by atomic mass is 127. The molecule has 0 saturated carbocycles. The number of aldehydes is 1. The Labute approximate surface area is 193 Å². The van der Waals surface area contributed by atoms with Gasteiger partial charge in [-0.15, -0.1) is 0 Å². The van der Waals surface area contributed by atoms with Gasteiger partial charge in [-0.2, -0.15) is 0 Å². The van der Waals surface area contributed by atoms with E-state index in [1.165, 1.54) is 3.57 Å². The number of hydroxylamine groups is 2. The first-order valence-electron chi connectivity index (χ1n) is 7.73. The number of hydrogen-bond acceptors (Lipinski definition) is 6. The summed E-state index contributed by atoms with van der Waals surface area (Å²) in [5.41, 5.74) is 3.98. The molecule has 9 nitrogen and oxygen atoms in total. The number of hydrogen-bond donors (Lipinski definition) is 4. The van der Waals surface area contributed by atoms with Crippen LogP contribution in [0.15, 0.2) is 48.5 Å². The highest BCUT2D eigenvalue weighted by Gasteiger charge is 2.01. The molecule has 2 aromatic carbocycles. The first-order valence-corrected chi connectivity index (χ1v) is 9.89. The number of carbonyl (C=O) groups excluding carboxylic acids is 1. The molecule has 0 saturated heterocycles. The van der Waals surface area contributed by atoms with E-state index < -0.39 is 11.9 Å². The number of carboxylic acid groups (broad SMARTS) is 2. The fourth-order valence-electron chi connectivity index (χ4n) is 1.63. The minimum Gasteiger partial charge on any atom is -0.623 e. The van der Waals surface area contributed by atoms with Crippen molar-refractivity contribution in [3.63, 3.8) is 0 Å². The van der Waals surface area contributed by atoms with Gasteiger partial charge in [0.15, 0.2) is 6.54 Å². The smallest absolute Gasteiger partial charge is 0.394 e. The molecule has 29 heavy (non-hydrogen) atoms. The Morgan fingerprint density at radius 1 is 0.931 bits per heavy atom. The van der Waals surface area contributed by atoms with Crippen molar-refractivity contribution in [2.45, 2.75) is 13.1 Å². The molecule has 0 aliphatic heterocycles. The van der Waals surface area contributed by atoms with Crippen LogP contribution in [0.3, 0.4) is 0 Å². The number of nitrogens with one attached hydrogen (secondary N) is 1. The van der Waals surface area contributed by atoms with Gasteiger partial charge in [0.2, 0.25) is 6.29 Å². The third kappa shape index (κ3) is 15.5. The number of rotatable bonds is 6. The van der Waals surface area contributed by atoms with E-state index in [0.29, 0.717) is 17.5 Å². The molecule has 0 atom stereocenters. The Balaban J connectivity index is 0.000000455. The zero-order valence-corrected chi connectivity index (χ0v) is 19.2. The van der Waals surface area contributed by atoms with Gasteiger partial charge in [-0.1, -0.05) is 24.3 Å². The zero-order valence-electron chi connectivity index (χ0n) is 14.9. The van der Waals surface area contributed by atoms with Crippen LogP contribution in [0, 0.1) is 12.3 Å². The molecule has 11 heteroatoms. The molecule has 0 aliphatic carbocycles. The predicted octanol–water partition coefficient (Wildman–Crippen LogP) is 2.50. The molecule has 0 radical (unpaired) electrons. The molecule has 0 bridgehead atoms. The Kier molecular flexibility index (Phi) is 14.6. The summed E-state index contributed by atoms with van der Waals surface area (Å²) in [6.45, 7) is 0.570. The summed E-state index contributed by atoms with van der Waals surface area (Å²) >= 11 is 4.40. The van der Waals surface area contributed by atoms with Crippen molar-refractivity contribution in [2.24, 2.45) is 0 Å². The monoisotopic (exact) mass is 628 g/mol. The average molecular weight is 628 g/mol. The summed E-state index contributed by atoms with van der Waals surface area (Å²) in [6.07, 6.45) is 0.442. The maximum Gasteiger partial charge on any atom is 0.394 e. The maximum absolute atomic E-state index is 11.0. The van der Waals surface area contributed by atoms with Gasteiger partial charge in [-0.25, -0.2) is 19.8 Å². The van der Waals surface area contributed by atoms with E-state index in [-0.39, 0.29) is 12.8 Å². The van der Waals surface area contributed by atoms with Crippen LogP contribution < -0.4 is 5.48 Å². The standard InChI is InChI=1S/C9H8INO3.C7H8INO.C2H2O3/c10-8-3-1-7(2-4-8)5-11(14)6-9(12)13;8-7-3-1-6(2-4-7)5-9-10;3-1-2(4)5/h1-4,6H,5H2,(H,12,13);1-4,9-10H,5H2;1H,(H,4,5)/b11-6-;;. The van der Waals surface area contributed by atoms with Gasteiger partial charge in [-0.05, 0) is 75.0 Å². The van der Waals surface area contributed by atoms with Crippen LogP contribution in [0.4, 0.5) is 0 Å². The normalized spacial score (nSPS) is 9.97. The van der Waals surface area contributed by atoms with Gasteiger partial charge >= 0.3 is 11.9 Å². The molecule has 0 unspecified atom stereocenters. The number of aliphatic carboxylic acids is 2. The van der Waals surface area contributed by atoms with Gasteiger partial charge < -0.3 is 20.6 Å². The lowest BCUT2D eigenvalue weighted by Crippen LogP contribution is -2.11. The quantitative estimate of drug-likeness (QED) is 0.0726. The SMILES string of the molecule is O=C(O)/C=[N+](\[O-])Cc1ccc(I)cc1.O=CC(=O)O.ONCc1ccc(I)cc1. The Morgan fingerprint density at radius 2 is 1.34 bits per heavy atom. The maximum atomic E-state index is 11.0. The lowest BCUT2D eigenvalue weighted by atomic mass is 10.2. The van der Waals surface area contributed by atoms with Crippen molar-refractivity contribution in [3.8, 4) is 0 Å². The van der Waals surface area contributed by atoms with Gasteiger partial charge in [0, 0.05) is 19.2 Å². The van der Waals surface area contributed by atoms with Gasteiger partial charge in [0.1, 0.15) is 0 Å².